The number of carbonyl (C=O) groups is 1. The highest BCUT2D eigenvalue weighted by Crippen LogP contribution is 2.25. The maximum atomic E-state index is 12.0. The number of ketones is 1. The first-order valence-corrected chi connectivity index (χ1v) is 5.08. The van der Waals surface area contributed by atoms with Crippen LogP contribution < -0.4 is 0 Å². The number of rotatable bonds is 2. The molecule has 86 valence electrons. The van der Waals surface area contributed by atoms with Crippen LogP contribution in [0, 0.1) is 6.92 Å². The van der Waals surface area contributed by atoms with Crippen LogP contribution in [0.1, 0.15) is 21.7 Å². The second-order valence-electron chi connectivity index (χ2n) is 3.70. The van der Waals surface area contributed by atoms with Crippen molar-refractivity contribution < 1.29 is 15.0 Å². The summed E-state index contributed by atoms with van der Waals surface area (Å²) in [6.45, 7) is 1.80. The molecule has 0 saturated heterocycles. The minimum atomic E-state index is -0.316. The fourth-order valence-electron chi connectivity index (χ4n) is 1.48. The van der Waals surface area contributed by atoms with E-state index in [1.807, 2.05) is 0 Å². The smallest absolute Gasteiger partial charge is 0.211 e. The molecule has 0 bridgehead atoms. The Balaban J connectivity index is 2.40. The molecule has 0 radical (unpaired) electrons. The summed E-state index contributed by atoms with van der Waals surface area (Å²) in [5, 5.41) is 18.5. The van der Waals surface area contributed by atoms with Gasteiger partial charge in [-0.05, 0) is 37.3 Å². The van der Waals surface area contributed by atoms with Crippen LogP contribution >= 0.6 is 0 Å². The molecule has 0 fully saturated rings. The van der Waals surface area contributed by atoms with Gasteiger partial charge in [0.05, 0.1) is 0 Å². The van der Waals surface area contributed by atoms with Crippen molar-refractivity contribution in [2.45, 2.75) is 6.92 Å². The molecule has 2 rings (SSSR count). The molecule has 0 atom stereocenters. The van der Waals surface area contributed by atoms with Crippen LogP contribution in [-0.4, -0.2) is 21.0 Å². The zero-order valence-electron chi connectivity index (χ0n) is 9.21. The molecule has 4 nitrogen and oxygen atoms in total. The van der Waals surface area contributed by atoms with Gasteiger partial charge in [0.15, 0.2) is 11.5 Å². The molecule has 17 heavy (non-hydrogen) atoms. The molecule has 0 saturated carbocycles. The van der Waals surface area contributed by atoms with Gasteiger partial charge in [-0.25, -0.2) is 4.98 Å². The topological polar surface area (TPSA) is 70.4 Å². The van der Waals surface area contributed by atoms with Crippen molar-refractivity contribution in [2.75, 3.05) is 0 Å². The predicted octanol–water partition coefficient (Wildman–Crippen LogP) is 2.03. The average Bonchev–Trinajstić information content (AvgIpc) is 2.32. The molecule has 1 heterocycles. The van der Waals surface area contributed by atoms with Crippen molar-refractivity contribution >= 4 is 5.78 Å². The van der Waals surface area contributed by atoms with Crippen molar-refractivity contribution in [3.63, 3.8) is 0 Å². The van der Waals surface area contributed by atoms with E-state index in [1.165, 1.54) is 18.2 Å². The molecule has 0 aliphatic carbocycles. The van der Waals surface area contributed by atoms with Crippen LogP contribution in [0.15, 0.2) is 36.4 Å². The number of nitrogens with zero attached hydrogens (tertiary/aromatic N) is 1. The Labute approximate surface area is 98.2 Å². The van der Waals surface area contributed by atoms with Crippen molar-refractivity contribution in [3.05, 3.63) is 53.3 Å². The minimum absolute atomic E-state index is 0.251. The van der Waals surface area contributed by atoms with Crippen LogP contribution in [0.25, 0.3) is 0 Å². The number of aromatic hydroxyl groups is 2. The van der Waals surface area contributed by atoms with E-state index in [4.69, 9.17) is 5.11 Å². The Morgan fingerprint density at radius 3 is 2.53 bits per heavy atom. The molecule has 0 spiro atoms. The van der Waals surface area contributed by atoms with Crippen LogP contribution in [0.4, 0.5) is 0 Å². The van der Waals surface area contributed by atoms with E-state index in [-0.39, 0.29) is 17.3 Å². The van der Waals surface area contributed by atoms with Gasteiger partial charge in [-0.3, -0.25) is 4.79 Å². The lowest BCUT2D eigenvalue weighted by atomic mass is 10.1. The minimum Gasteiger partial charge on any atom is -0.504 e. The van der Waals surface area contributed by atoms with Gasteiger partial charge in [-0.15, -0.1) is 0 Å². The summed E-state index contributed by atoms with van der Waals surface area (Å²) in [6, 6.07) is 9.10. The van der Waals surface area contributed by atoms with Crippen molar-refractivity contribution in [1.29, 1.82) is 0 Å². The van der Waals surface area contributed by atoms with E-state index in [0.29, 0.717) is 11.3 Å². The summed E-state index contributed by atoms with van der Waals surface area (Å²) in [6.07, 6.45) is 0. The van der Waals surface area contributed by atoms with Gasteiger partial charge >= 0.3 is 0 Å². The number of pyridine rings is 1. The first kappa shape index (κ1) is 11.1. The Morgan fingerprint density at radius 1 is 1.12 bits per heavy atom. The summed E-state index contributed by atoms with van der Waals surface area (Å²) < 4.78 is 0. The van der Waals surface area contributed by atoms with E-state index >= 15 is 0 Å². The van der Waals surface area contributed by atoms with Crippen LogP contribution in [0.2, 0.25) is 0 Å². The fourth-order valence-corrected chi connectivity index (χ4v) is 1.48. The van der Waals surface area contributed by atoms with E-state index in [1.54, 1.807) is 25.1 Å². The Bertz CT molecular complexity index is 579. The number of phenols is 2. The molecule has 0 amide bonds. The van der Waals surface area contributed by atoms with E-state index in [0.717, 1.165) is 5.69 Å². The zero-order chi connectivity index (χ0) is 12.4. The first-order chi connectivity index (χ1) is 8.08. The molecule has 1 aromatic heterocycles. The third kappa shape index (κ3) is 2.25. The van der Waals surface area contributed by atoms with E-state index in [2.05, 4.69) is 4.98 Å². The van der Waals surface area contributed by atoms with Gasteiger partial charge in [0.2, 0.25) is 5.78 Å². The third-order valence-electron chi connectivity index (χ3n) is 2.36. The summed E-state index contributed by atoms with van der Waals surface area (Å²) in [7, 11) is 0. The summed E-state index contributed by atoms with van der Waals surface area (Å²) in [5.41, 5.74) is 1.35. The Hall–Kier alpha value is -2.36. The molecule has 2 aromatic rings. The largest absolute Gasteiger partial charge is 0.504 e. The molecular formula is C13H11NO3. The average molecular weight is 229 g/mol. The fraction of sp³-hybridized carbons (Fsp3) is 0.0769. The van der Waals surface area contributed by atoms with Crippen LogP contribution in [0.3, 0.4) is 0 Å². The quantitative estimate of drug-likeness (QED) is 0.610. The lowest BCUT2D eigenvalue weighted by molar-refractivity contribution is 0.103. The van der Waals surface area contributed by atoms with Crippen molar-refractivity contribution in [2.24, 2.45) is 0 Å². The maximum Gasteiger partial charge on any atom is 0.211 e. The molecule has 4 heteroatoms. The van der Waals surface area contributed by atoms with E-state index in [9.17, 15) is 9.90 Å². The highest BCUT2D eigenvalue weighted by molar-refractivity contribution is 6.08. The molecular weight excluding hydrogens is 218 g/mol. The summed E-state index contributed by atoms with van der Waals surface area (Å²) in [4.78, 5) is 16.1. The zero-order valence-corrected chi connectivity index (χ0v) is 9.21. The highest BCUT2D eigenvalue weighted by Gasteiger charge is 2.12. The first-order valence-electron chi connectivity index (χ1n) is 5.08. The monoisotopic (exact) mass is 229 g/mol. The van der Waals surface area contributed by atoms with E-state index < -0.39 is 0 Å². The number of benzene rings is 1. The third-order valence-corrected chi connectivity index (χ3v) is 2.36. The van der Waals surface area contributed by atoms with Gasteiger partial charge in [0.25, 0.3) is 0 Å². The summed E-state index contributed by atoms with van der Waals surface area (Å²) >= 11 is 0. The lowest BCUT2D eigenvalue weighted by Crippen LogP contribution is -2.04. The van der Waals surface area contributed by atoms with Crippen molar-refractivity contribution in [3.8, 4) is 11.5 Å². The predicted molar refractivity (Wildman–Crippen MR) is 62.2 cm³/mol. The highest BCUT2D eigenvalue weighted by atomic mass is 16.3. The van der Waals surface area contributed by atoms with Gasteiger partial charge in [0.1, 0.15) is 5.69 Å². The van der Waals surface area contributed by atoms with Gasteiger partial charge in [-0.1, -0.05) is 6.07 Å². The number of carbonyl (C=O) groups excluding carboxylic acids is 1. The van der Waals surface area contributed by atoms with Crippen molar-refractivity contribution in [1.82, 2.24) is 4.98 Å². The molecule has 0 unspecified atom stereocenters. The SMILES string of the molecule is Cc1cccc(C(=O)c2ccc(O)c(O)c2)n1. The molecule has 0 aliphatic rings. The number of hydrogen-bond donors (Lipinski definition) is 2. The lowest BCUT2D eigenvalue weighted by Gasteiger charge is -2.03. The molecule has 1 aromatic carbocycles. The maximum absolute atomic E-state index is 12.0. The number of phenolic OH excluding ortho intramolecular Hbond substituents is 2. The second-order valence-corrected chi connectivity index (χ2v) is 3.70. The standard InChI is InChI=1S/C13H11NO3/c1-8-3-2-4-10(14-8)13(17)9-5-6-11(15)12(16)7-9/h2-7,15-16H,1H3. The van der Waals surface area contributed by atoms with Crippen LogP contribution in [0.5, 0.6) is 11.5 Å². The number of hydrogen-bond acceptors (Lipinski definition) is 4. The second kappa shape index (κ2) is 4.25. The molecule has 0 aliphatic heterocycles. The molecule has 2 N–H and O–H groups in total. The van der Waals surface area contributed by atoms with Gasteiger partial charge in [-0.2, -0.15) is 0 Å². The van der Waals surface area contributed by atoms with Crippen LogP contribution in [-0.2, 0) is 0 Å². The summed E-state index contributed by atoms with van der Waals surface area (Å²) in [5.74, 6) is -0.855. The Morgan fingerprint density at radius 2 is 1.88 bits per heavy atom. The van der Waals surface area contributed by atoms with Gasteiger partial charge in [0, 0.05) is 11.3 Å². The normalized spacial score (nSPS) is 10.2. The number of aromatic nitrogens is 1. The number of aryl methyl sites for hydroxylation is 1. The van der Waals surface area contributed by atoms with Gasteiger partial charge < -0.3 is 10.2 Å². The Kier molecular flexibility index (Phi) is 2.78.